The Kier molecular flexibility index (Phi) is 7.89. The predicted octanol–water partition coefficient (Wildman–Crippen LogP) is 5.46. The van der Waals surface area contributed by atoms with Gasteiger partial charge in [-0.2, -0.15) is 13.2 Å². The van der Waals surface area contributed by atoms with E-state index in [-0.39, 0.29) is 60.0 Å². The van der Waals surface area contributed by atoms with Crippen molar-refractivity contribution in [3.05, 3.63) is 63.4 Å². The van der Waals surface area contributed by atoms with Gasteiger partial charge >= 0.3 is 6.18 Å². The lowest BCUT2D eigenvalue weighted by molar-refractivity contribution is -0.271. The molecular weight excluding hydrogens is 551 g/mol. The summed E-state index contributed by atoms with van der Waals surface area (Å²) in [4.78, 5) is 27.1. The summed E-state index contributed by atoms with van der Waals surface area (Å²) < 4.78 is 67.5. The molecule has 2 amide bonds. The quantitative estimate of drug-likeness (QED) is 0.480. The Balaban J connectivity index is 1.66. The number of benzene rings is 2. The van der Waals surface area contributed by atoms with E-state index in [0.29, 0.717) is 6.54 Å². The first-order valence-electron chi connectivity index (χ1n) is 11.9. The van der Waals surface area contributed by atoms with Gasteiger partial charge in [-0.3, -0.25) is 9.59 Å². The topological polar surface area (TPSA) is 67.9 Å². The van der Waals surface area contributed by atoms with Gasteiger partial charge in [0.05, 0.1) is 17.2 Å². The highest BCUT2D eigenvalue weighted by molar-refractivity contribution is 6.37. The smallest absolute Gasteiger partial charge is 0.430 e. The summed E-state index contributed by atoms with van der Waals surface area (Å²) in [6.07, 6.45) is -4.46. The Labute approximate surface area is 227 Å². The number of carbonyl (C=O) groups is 2. The molecule has 2 saturated heterocycles. The van der Waals surface area contributed by atoms with Crippen LogP contribution in [0.5, 0.6) is 5.75 Å². The van der Waals surface area contributed by atoms with Crippen LogP contribution in [0.1, 0.15) is 36.3 Å². The monoisotopic (exact) mass is 576 g/mol. The van der Waals surface area contributed by atoms with E-state index >= 15 is 0 Å². The molecule has 12 heteroatoms. The molecule has 1 N–H and O–H groups in total. The zero-order chi connectivity index (χ0) is 27.9. The standard InChI is InChI=1S/C26H26Cl2F4N2O4/c1-37-22-19(27)11-16(12-20(22)28)25(38-2,26(30,31)32)23(36)34-9-7-24(8-10-34)13-21(35)33-14-18(24)15-3-5-17(29)6-4-15/h3-6,11-12,18H,7-10,13-14H2,1-2H3,(H,33,35). The van der Waals surface area contributed by atoms with Gasteiger partial charge in [-0.1, -0.05) is 35.3 Å². The molecule has 38 heavy (non-hydrogen) atoms. The highest BCUT2D eigenvalue weighted by Gasteiger charge is 2.64. The third-order valence-corrected chi connectivity index (χ3v) is 8.25. The number of likely N-dealkylation sites (tertiary alicyclic amines) is 1. The van der Waals surface area contributed by atoms with E-state index in [4.69, 9.17) is 32.7 Å². The van der Waals surface area contributed by atoms with Crippen molar-refractivity contribution < 1.29 is 36.6 Å². The van der Waals surface area contributed by atoms with E-state index in [1.165, 1.54) is 19.2 Å². The highest BCUT2D eigenvalue weighted by Crippen LogP contribution is 2.51. The Morgan fingerprint density at radius 2 is 1.66 bits per heavy atom. The minimum Gasteiger partial charge on any atom is -0.494 e. The van der Waals surface area contributed by atoms with E-state index in [1.807, 2.05) is 0 Å². The molecule has 2 aromatic rings. The van der Waals surface area contributed by atoms with Crippen molar-refractivity contribution in [3.63, 3.8) is 0 Å². The number of piperidine rings is 2. The Morgan fingerprint density at radius 1 is 1.08 bits per heavy atom. The summed E-state index contributed by atoms with van der Waals surface area (Å²) in [7, 11) is 2.07. The summed E-state index contributed by atoms with van der Waals surface area (Å²) in [5.41, 5.74) is -3.72. The number of hydrogen-bond donors (Lipinski definition) is 1. The maximum atomic E-state index is 14.7. The summed E-state index contributed by atoms with van der Waals surface area (Å²) in [6.45, 7) is 0.233. The number of alkyl halides is 3. The van der Waals surface area contributed by atoms with Crippen LogP contribution < -0.4 is 10.1 Å². The number of hydrogen-bond acceptors (Lipinski definition) is 4. The maximum absolute atomic E-state index is 14.7. The van der Waals surface area contributed by atoms with Gasteiger partial charge in [-0.15, -0.1) is 0 Å². The summed E-state index contributed by atoms with van der Waals surface area (Å²) >= 11 is 12.2. The van der Waals surface area contributed by atoms with Gasteiger partial charge in [-0.05, 0) is 48.1 Å². The van der Waals surface area contributed by atoms with Gasteiger partial charge < -0.3 is 19.7 Å². The number of carbonyl (C=O) groups excluding carboxylic acids is 2. The van der Waals surface area contributed by atoms with Crippen molar-refractivity contribution in [1.82, 2.24) is 10.2 Å². The van der Waals surface area contributed by atoms with E-state index in [1.54, 1.807) is 12.1 Å². The van der Waals surface area contributed by atoms with Gasteiger partial charge in [0.15, 0.2) is 5.75 Å². The molecule has 2 unspecified atom stereocenters. The molecule has 2 fully saturated rings. The molecule has 4 rings (SSSR count). The molecule has 0 aromatic heterocycles. The highest BCUT2D eigenvalue weighted by atomic mass is 35.5. The third-order valence-electron chi connectivity index (χ3n) is 7.69. The zero-order valence-corrected chi connectivity index (χ0v) is 22.1. The lowest BCUT2D eigenvalue weighted by atomic mass is 9.62. The molecule has 2 aromatic carbocycles. The molecule has 2 aliphatic heterocycles. The van der Waals surface area contributed by atoms with Crippen LogP contribution in [-0.2, 0) is 19.9 Å². The van der Waals surface area contributed by atoms with Crippen LogP contribution in [0.2, 0.25) is 10.0 Å². The Hall–Kier alpha value is -2.56. The number of nitrogens with zero attached hydrogens (tertiary/aromatic N) is 1. The second-order valence-corrected chi connectivity index (χ2v) is 10.4. The van der Waals surface area contributed by atoms with Crippen molar-refractivity contribution in [2.24, 2.45) is 5.41 Å². The van der Waals surface area contributed by atoms with Crippen LogP contribution in [0.15, 0.2) is 36.4 Å². The SMILES string of the molecule is COc1c(Cl)cc(C(OC)(C(=O)N2CCC3(CC2)CC(=O)NCC3c2ccc(F)cc2)C(F)(F)F)cc1Cl. The molecule has 0 saturated carbocycles. The number of methoxy groups -OCH3 is 2. The molecule has 2 atom stereocenters. The van der Waals surface area contributed by atoms with Crippen molar-refractivity contribution in [2.75, 3.05) is 33.9 Å². The fourth-order valence-corrected chi connectivity index (χ4v) is 6.34. The normalized spacial score (nSPS) is 21.1. The summed E-state index contributed by atoms with van der Waals surface area (Å²) in [6, 6.07) is 7.88. The fraction of sp³-hybridized carbons (Fsp3) is 0.462. The van der Waals surface area contributed by atoms with Crippen LogP contribution >= 0.6 is 23.2 Å². The van der Waals surface area contributed by atoms with Crippen LogP contribution in [-0.4, -0.2) is 56.7 Å². The average Bonchev–Trinajstić information content (AvgIpc) is 2.85. The van der Waals surface area contributed by atoms with Crippen LogP contribution in [0, 0.1) is 11.2 Å². The molecule has 0 aliphatic carbocycles. The zero-order valence-electron chi connectivity index (χ0n) is 20.6. The van der Waals surface area contributed by atoms with Crippen LogP contribution in [0.4, 0.5) is 17.6 Å². The molecule has 0 radical (unpaired) electrons. The second-order valence-electron chi connectivity index (χ2n) is 9.60. The fourth-order valence-electron chi connectivity index (χ4n) is 5.69. The Morgan fingerprint density at radius 3 is 2.16 bits per heavy atom. The summed E-state index contributed by atoms with van der Waals surface area (Å²) in [5, 5.41) is 2.41. The molecule has 0 bridgehead atoms. The van der Waals surface area contributed by atoms with Gasteiger partial charge in [0, 0.05) is 44.6 Å². The van der Waals surface area contributed by atoms with Gasteiger partial charge in [-0.25, -0.2) is 4.39 Å². The first-order chi connectivity index (χ1) is 17.9. The lowest BCUT2D eigenvalue weighted by Gasteiger charge is -2.50. The number of nitrogens with one attached hydrogen (secondary N) is 1. The largest absolute Gasteiger partial charge is 0.494 e. The van der Waals surface area contributed by atoms with Crippen molar-refractivity contribution in [1.29, 1.82) is 0 Å². The lowest BCUT2D eigenvalue weighted by Crippen LogP contribution is -2.60. The predicted molar refractivity (Wildman–Crippen MR) is 133 cm³/mol. The molecule has 1 spiro atoms. The minimum atomic E-state index is -5.16. The maximum Gasteiger partial charge on any atom is 0.430 e. The minimum absolute atomic E-state index is 0.0287. The van der Waals surface area contributed by atoms with Gasteiger partial charge in [0.1, 0.15) is 5.82 Å². The molecular formula is C26H26Cl2F4N2O4. The third kappa shape index (κ3) is 4.82. The Bertz CT molecular complexity index is 1190. The first kappa shape index (κ1) is 28.4. The molecule has 2 aliphatic rings. The first-order valence-corrected chi connectivity index (χ1v) is 12.6. The van der Waals surface area contributed by atoms with Crippen molar-refractivity contribution in [3.8, 4) is 5.75 Å². The average molecular weight is 577 g/mol. The van der Waals surface area contributed by atoms with Crippen molar-refractivity contribution in [2.45, 2.75) is 37.0 Å². The molecule has 206 valence electrons. The number of amides is 2. The van der Waals surface area contributed by atoms with E-state index in [2.05, 4.69) is 5.32 Å². The van der Waals surface area contributed by atoms with Crippen LogP contribution in [0.25, 0.3) is 0 Å². The van der Waals surface area contributed by atoms with E-state index < -0.39 is 34.5 Å². The van der Waals surface area contributed by atoms with Crippen LogP contribution in [0.3, 0.4) is 0 Å². The van der Waals surface area contributed by atoms with Gasteiger partial charge in [0.25, 0.3) is 11.5 Å². The number of halogens is 6. The second kappa shape index (κ2) is 10.5. The van der Waals surface area contributed by atoms with Crippen molar-refractivity contribution >= 4 is 35.0 Å². The van der Waals surface area contributed by atoms with E-state index in [0.717, 1.165) is 29.7 Å². The van der Waals surface area contributed by atoms with Gasteiger partial charge in [0.2, 0.25) is 5.91 Å². The summed E-state index contributed by atoms with van der Waals surface area (Å²) in [5.74, 6) is -2.10. The van der Waals surface area contributed by atoms with E-state index in [9.17, 15) is 27.2 Å². The number of rotatable bonds is 5. The molecule has 6 nitrogen and oxygen atoms in total. The number of ether oxygens (including phenoxy) is 2. The molecule has 2 heterocycles.